The van der Waals surface area contributed by atoms with E-state index in [-0.39, 0.29) is 50.5 Å². The average molecular weight is 809 g/mol. The lowest BCUT2D eigenvalue weighted by molar-refractivity contribution is -0.213. The molecule has 5 aliphatic rings. The number of allylic oxidation sites excluding steroid dienone is 2. The highest BCUT2D eigenvalue weighted by atomic mass is 16.5. The monoisotopic (exact) mass is 809 g/mol. The zero-order chi connectivity index (χ0) is 42.6. The first-order valence-electron chi connectivity index (χ1n) is 24.0. The second-order valence-electron chi connectivity index (χ2n) is 22.1. The molecule has 0 heterocycles. The van der Waals surface area contributed by atoms with E-state index in [4.69, 9.17) is 9.84 Å². The van der Waals surface area contributed by atoms with Crippen LogP contribution in [-0.2, 0) is 23.9 Å². The fourth-order valence-electron chi connectivity index (χ4n) is 13.8. The van der Waals surface area contributed by atoms with E-state index in [1.54, 1.807) is 5.57 Å². The fourth-order valence-corrected chi connectivity index (χ4v) is 13.8. The number of aliphatic carboxylic acids is 1. The number of fused-ring (bicyclic) bond motifs is 7. The summed E-state index contributed by atoms with van der Waals surface area (Å²) in [7, 11) is 0. The number of carboxylic acid groups (broad SMARTS) is 1. The molecule has 5 rings (SSSR count). The van der Waals surface area contributed by atoms with Gasteiger partial charge >= 0.3 is 11.9 Å². The summed E-state index contributed by atoms with van der Waals surface area (Å²) in [6.07, 6.45) is 25.9. The van der Waals surface area contributed by atoms with Crippen LogP contribution in [-0.4, -0.2) is 47.6 Å². The molecule has 0 radical (unpaired) electrons. The minimum atomic E-state index is -1.01. The van der Waals surface area contributed by atoms with Gasteiger partial charge in [-0.2, -0.15) is 0 Å². The van der Waals surface area contributed by atoms with E-state index in [0.717, 1.165) is 129 Å². The number of nitrogens with one attached hydrogen (secondary N) is 2. The Bertz CT molecular complexity index is 1500. The number of hydrogen-bond donors (Lipinski definition) is 3. The quantitative estimate of drug-likeness (QED) is 0.0679. The van der Waals surface area contributed by atoms with Crippen molar-refractivity contribution >= 4 is 23.8 Å². The third-order valence-electron chi connectivity index (χ3n) is 17.7. The van der Waals surface area contributed by atoms with Crippen molar-refractivity contribution in [3.05, 3.63) is 11.6 Å². The topological polar surface area (TPSA) is 122 Å². The SMILES string of the molecule is CCCCCC(=O)O[C@H]1CC[C@]2(C)[C@H]3CC=C4[C@@H]5CC(C)(C)CC[C@]5(C(=O)NCCCCCCCCCCC(=O)N[C@@H](C)C(=O)O)CC[C@@]4(C)[C@]3(C)CC[C@H]2C1(C)C. The van der Waals surface area contributed by atoms with E-state index in [1.807, 2.05) is 0 Å². The third kappa shape index (κ3) is 9.41. The number of hydrogen-bond acceptors (Lipinski definition) is 5. The summed E-state index contributed by atoms with van der Waals surface area (Å²) >= 11 is 0. The highest BCUT2D eigenvalue weighted by Crippen LogP contribution is 2.76. The molecule has 0 spiro atoms. The lowest BCUT2D eigenvalue weighted by Gasteiger charge is -2.71. The van der Waals surface area contributed by atoms with Crippen LogP contribution in [0, 0.1) is 50.2 Å². The fraction of sp³-hybridized carbons (Fsp3) is 0.880. The van der Waals surface area contributed by atoms with Crippen LogP contribution in [0.5, 0.6) is 0 Å². The minimum absolute atomic E-state index is 0.00447. The van der Waals surface area contributed by atoms with Crippen LogP contribution in [0.4, 0.5) is 0 Å². The largest absolute Gasteiger partial charge is 0.480 e. The number of amides is 2. The van der Waals surface area contributed by atoms with Gasteiger partial charge in [0.05, 0.1) is 5.41 Å². The average Bonchev–Trinajstić information content (AvgIpc) is 3.15. The van der Waals surface area contributed by atoms with Crippen LogP contribution in [0.25, 0.3) is 0 Å². The van der Waals surface area contributed by atoms with Gasteiger partial charge in [0.25, 0.3) is 0 Å². The molecule has 0 aromatic rings. The number of rotatable bonds is 19. The predicted octanol–water partition coefficient (Wildman–Crippen LogP) is 11.5. The molecular weight excluding hydrogens is 725 g/mol. The van der Waals surface area contributed by atoms with E-state index in [9.17, 15) is 19.2 Å². The molecule has 3 N–H and O–H groups in total. The molecule has 0 unspecified atom stereocenters. The molecule has 4 saturated carbocycles. The first-order chi connectivity index (χ1) is 27.3. The van der Waals surface area contributed by atoms with Crippen molar-refractivity contribution in [1.29, 1.82) is 0 Å². The Labute approximate surface area is 353 Å². The molecule has 0 aliphatic heterocycles. The standard InChI is InChI=1S/C50H84N2O6/c1-10-11-18-22-42(54)58-40-26-27-47(7)38(46(40,5)6)25-28-49(9)39(47)24-23-36-37-34-45(3,4)29-31-50(37,32-30-48(36,49)8)44(57)51-33-20-17-15-13-12-14-16-19-21-41(53)52-35(2)43(55)56/h23,35,37-40H,10-22,24-34H2,1-9H3,(H,51,57)(H,52,53)(H,55,56)/t35-,37-,38-,39+,40-,47-,48+,49+,50-/m0/s1. The maximum atomic E-state index is 14.5. The number of esters is 1. The Morgan fingerprint density at radius 1 is 0.776 bits per heavy atom. The molecule has 58 heavy (non-hydrogen) atoms. The van der Waals surface area contributed by atoms with Crippen molar-refractivity contribution in [2.75, 3.05) is 6.54 Å². The van der Waals surface area contributed by atoms with Gasteiger partial charge in [-0.15, -0.1) is 0 Å². The van der Waals surface area contributed by atoms with Crippen molar-refractivity contribution < 1.29 is 29.0 Å². The van der Waals surface area contributed by atoms with Gasteiger partial charge in [-0.25, -0.2) is 0 Å². The number of unbranched alkanes of at least 4 members (excludes halogenated alkanes) is 9. The van der Waals surface area contributed by atoms with Crippen molar-refractivity contribution in [2.24, 2.45) is 50.2 Å². The lowest BCUT2D eigenvalue weighted by Crippen LogP contribution is -2.65. The highest BCUT2D eigenvalue weighted by Gasteiger charge is 2.69. The molecule has 9 atom stereocenters. The number of carboxylic acids is 1. The summed E-state index contributed by atoms with van der Waals surface area (Å²) in [6, 6.07) is -0.840. The second kappa shape index (κ2) is 18.7. The number of ether oxygens (including phenoxy) is 1. The molecule has 0 aromatic carbocycles. The predicted molar refractivity (Wildman–Crippen MR) is 233 cm³/mol. The van der Waals surface area contributed by atoms with Crippen molar-refractivity contribution in [3.8, 4) is 0 Å². The zero-order valence-corrected chi connectivity index (χ0v) is 38.4. The molecule has 330 valence electrons. The van der Waals surface area contributed by atoms with E-state index in [0.29, 0.717) is 36.5 Å². The van der Waals surface area contributed by atoms with E-state index >= 15 is 0 Å². The van der Waals surface area contributed by atoms with Gasteiger partial charge in [-0.05, 0) is 130 Å². The second-order valence-corrected chi connectivity index (χ2v) is 22.1. The van der Waals surface area contributed by atoms with E-state index in [2.05, 4.69) is 72.1 Å². The third-order valence-corrected chi connectivity index (χ3v) is 17.7. The Hall–Kier alpha value is -2.38. The van der Waals surface area contributed by atoms with Gasteiger partial charge < -0.3 is 20.5 Å². The van der Waals surface area contributed by atoms with Crippen molar-refractivity contribution in [3.63, 3.8) is 0 Å². The van der Waals surface area contributed by atoms with Gasteiger partial charge in [-0.1, -0.05) is 118 Å². The summed E-state index contributed by atoms with van der Waals surface area (Å²) in [4.78, 5) is 50.3. The molecular formula is C50H84N2O6. The molecule has 5 aliphatic carbocycles. The molecule has 2 amide bonds. The Balaban J connectivity index is 1.17. The summed E-state index contributed by atoms with van der Waals surface area (Å²) in [6.45, 7) is 21.9. The maximum Gasteiger partial charge on any atom is 0.325 e. The Morgan fingerprint density at radius 2 is 1.41 bits per heavy atom. The van der Waals surface area contributed by atoms with Gasteiger partial charge in [0.1, 0.15) is 12.1 Å². The van der Waals surface area contributed by atoms with Crippen LogP contribution >= 0.6 is 0 Å². The molecule has 8 nitrogen and oxygen atoms in total. The van der Waals surface area contributed by atoms with Gasteiger partial charge in [0, 0.05) is 24.8 Å². The van der Waals surface area contributed by atoms with Crippen LogP contribution in [0.1, 0.15) is 210 Å². The summed E-state index contributed by atoms with van der Waals surface area (Å²) in [5.74, 6) is 0.500. The molecule has 0 bridgehead atoms. The van der Waals surface area contributed by atoms with Crippen LogP contribution in [0.3, 0.4) is 0 Å². The normalized spacial score (nSPS) is 35.2. The van der Waals surface area contributed by atoms with E-state index in [1.165, 1.54) is 19.8 Å². The summed E-state index contributed by atoms with van der Waals surface area (Å²) in [5, 5.41) is 15.0. The Morgan fingerprint density at radius 3 is 2.09 bits per heavy atom. The summed E-state index contributed by atoms with van der Waals surface area (Å²) in [5.41, 5.74) is 1.90. The van der Waals surface area contributed by atoms with Crippen LogP contribution < -0.4 is 10.6 Å². The van der Waals surface area contributed by atoms with Crippen molar-refractivity contribution in [2.45, 2.75) is 222 Å². The lowest BCUT2D eigenvalue weighted by atomic mass is 9.33. The smallest absolute Gasteiger partial charge is 0.325 e. The van der Waals surface area contributed by atoms with Crippen LogP contribution in [0.2, 0.25) is 0 Å². The first-order valence-corrected chi connectivity index (χ1v) is 24.0. The van der Waals surface area contributed by atoms with Gasteiger partial charge in [0.2, 0.25) is 11.8 Å². The molecule has 0 saturated heterocycles. The van der Waals surface area contributed by atoms with Crippen molar-refractivity contribution in [1.82, 2.24) is 10.6 Å². The van der Waals surface area contributed by atoms with Gasteiger partial charge in [0.15, 0.2) is 0 Å². The molecule has 0 aromatic heterocycles. The highest BCUT2D eigenvalue weighted by molar-refractivity contribution is 5.84. The minimum Gasteiger partial charge on any atom is -0.480 e. The number of carbonyl (C=O) groups is 4. The Kier molecular flexibility index (Phi) is 15.1. The summed E-state index contributed by atoms with van der Waals surface area (Å²) < 4.78 is 6.30. The first kappa shape index (κ1) is 46.7. The molecule has 4 fully saturated rings. The molecule has 8 heteroatoms. The maximum absolute atomic E-state index is 14.5. The van der Waals surface area contributed by atoms with Crippen LogP contribution in [0.15, 0.2) is 11.6 Å². The number of carbonyl (C=O) groups excluding carboxylic acids is 3. The van der Waals surface area contributed by atoms with E-state index < -0.39 is 12.0 Å². The zero-order valence-electron chi connectivity index (χ0n) is 38.4. The van der Waals surface area contributed by atoms with Gasteiger partial charge in [-0.3, -0.25) is 19.2 Å².